The molecule has 6 nitrogen and oxygen atoms in total. The summed E-state index contributed by atoms with van der Waals surface area (Å²) in [5.74, 6) is -0.732. The molecule has 1 aromatic carbocycles. The highest BCUT2D eigenvalue weighted by Crippen LogP contribution is 2.24. The van der Waals surface area contributed by atoms with E-state index in [1.165, 1.54) is 26.2 Å². The Labute approximate surface area is 129 Å². The fourth-order valence-electron chi connectivity index (χ4n) is 1.61. The Morgan fingerprint density at radius 3 is 2.71 bits per heavy atom. The van der Waals surface area contributed by atoms with Crippen LogP contribution in [0, 0.1) is 0 Å². The molecule has 1 aromatic rings. The van der Waals surface area contributed by atoms with Crippen LogP contribution in [0.15, 0.2) is 18.2 Å². The molecule has 0 aliphatic heterocycles. The average Bonchev–Trinajstić information content (AvgIpc) is 2.41. The zero-order valence-electron chi connectivity index (χ0n) is 11.9. The highest BCUT2D eigenvalue weighted by atomic mass is 35.5. The van der Waals surface area contributed by atoms with Crippen molar-refractivity contribution in [3.05, 3.63) is 23.2 Å². The molecule has 21 heavy (non-hydrogen) atoms. The van der Waals surface area contributed by atoms with Gasteiger partial charge in [0.2, 0.25) is 5.91 Å². The number of anilines is 2. The Bertz CT molecular complexity index is 604. The van der Waals surface area contributed by atoms with E-state index in [0.717, 1.165) is 0 Å². The molecule has 0 radical (unpaired) electrons. The molecule has 1 atom stereocenters. The van der Waals surface area contributed by atoms with Gasteiger partial charge >= 0.3 is 0 Å². The van der Waals surface area contributed by atoms with E-state index in [1.807, 2.05) is 0 Å². The van der Waals surface area contributed by atoms with Crippen molar-refractivity contribution in [1.29, 1.82) is 0 Å². The molecule has 0 bridgehead atoms. The monoisotopic (exact) mass is 334 g/mol. The van der Waals surface area contributed by atoms with Crippen molar-refractivity contribution in [2.24, 2.45) is 0 Å². The van der Waals surface area contributed by atoms with E-state index in [2.05, 4.69) is 5.32 Å². The van der Waals surface area contributed by atoms with Crippen LogP contribution in [0.1, 0.15) is 13.3 Å². The molecule has 1 unspecified atom stereocenters. The SMILES string of the molecule is COCCCS(=O)(=O)C(C)C(=O)Nc1ccc(N)cc1Cl. The fraction of sp³-hybridized carbons (Fsp3) is 0.462. The predicted molar refractivity (Wildman–Crippen MR) is 84.2 cm³/mol. The molecule has 0 aliphatic rings. The summed E-state index contributed by atoms with van der Waals surface area (Å²) in [6.07, 6.45) is 0.346. The second-order valence-corrected chi connectivity index (χ2v) is 7.43. The van der Waals surface area contributed by atoms with Crippen LogP contribution in [0.3, 0.4) is 0 Å². The van der Waals surface area contributed by atoms with Crippen molar-refractivity contribution in [1.82, 2.24) is 0 Å². The number of benzene rings is 1. The number of ether oxygens (including phenoxy) is 1. The summed E-state index contributed by atoms with van der Waals surface area (Å²) in [6, 6.07) is 4.58. The van der Waals surface area contributed by atoms with Crippen LogP contribution in [-0.4, -0.2) is 39.0 Å². The van der Waals surface area contributed by atoms with Gasteiger partial charge in [-0.2, -0.15) is 0 Å². The van der Waals surface area contributed by atoms with Crippen molar-refractivity contribution < 1.29 is 17.9 Å². The molecular formula is C13H19ClN2O4S. The van der Waals surface area contributed by atoms with Gasteiger partial charge in [0, 0.05) is 19.4 Å². The number of nitrogens with one attached hydrogen (secondary N) is 1. The summed E-state index contributed by atoms with van der Waals surface area (Å²) in [6.45, 7) is 1.68. The number of carbonyl (C=O) groups is 1. The van der Waals surface area contributed by atoms with Gasteiger partial charge in [0.15, 0.2) is 9.84 Å². The lowest BCUT2D eigenvalue weighted by atomic mass is 10.2. The molecule has 0 aromatic heterocycles. The zero-order valence-corrected chi connectivity index (χ0v) is 13.5. The maximum Gasteiger partial charge on any atom is 0.242 e. The summed E-state index contributed by atoms with van der Waals surface area (Å²) >= 11 is 5.93. The van der Waals surface area contributed by atoms with E-state index >= 15 is 0 Å². The van der Waals surface area contributed by atoms with Gasteiger partial charge in [-0.05, 0) is 31.5 Å². The Kier molecular flexibility index (Phi) is 6.44. The topological polar surface area (TPSA) is 98.5 Å². The van der Waals surface area contributed by atoms with E-state index in [9.17, 15) is 13.2 Å². The van der Waals surface area contributed by atoms with Gasteiger partial charge in [-0.25, -0.2) is 8.42 Å². The maximum absolute atomic E-state index is 12.0. The summed E-state index contributed by atoms with van der Waals surface area (Å²) in [4.78, 5) is 12.0. The largest absolute Gasteiger partial charge is 0.399 e. The molecule has 0 fully saturated rings. The lowest BCUT2D eigenvalue weighted by molar-refractivity contribution is -0.115. The molecule has 0 spiro atoms. The Balaban J connectivity index is 2.74. The van der Waals surface area contributed by atoms with E-state index in [-0.39, 0.29) is 10.8 Å². The number of hydrogen-bond donors (Lipinski definition) is 2. The maximum atomic E-state index is 12.0. The number of nitrogen functional groups attached to an aromatic ring is 1. The average molecular weight is 335 g/mol. The third-order valence-electron chi connectivity index (χ3n) is 2.94. The molecule has 3 N–H and O–H groups in total. The number of carbonyl (C=O) groups excluding carboxylic acids is 1. The minimum atomic E-state index is -3.53. The Morgan fingerprint density at radius 1 is 1.48 bits per heavy atom. The number of halogens is 1. The van der Waals surface area contributed by atoms with Gasteiger partial charge in [0.1, 0.15) is 5.25 Å². The van der Waals surface area contributed by atoms with Crippen LogP contribution in [0.2, 0.25) is 5.02 Å². The first-order valence-electron chi connectivity index (χ1n) is 6.34. The van der Waals surface area contributed by atoms with Crippen molar-refractivity contribution >= 4 is 38.7 Å². The molecule has 8 heteroatoms. The second kappa shape index (κ2) is 7.63. The number of nitrogens with two attached hydrogens (primary N) is 1. The number of hydrogen-bond acceptors (Lipinski definition) is 5. The summed E-state index contributed by atoms with van der Waals surface area (Å²) in [5.41, 5.74) is 6.34. The normalized spacial score (nSPS) is 12.9. The zero-order chi connectivity index (χ0) is 16.0. The number of methoxy groups -OCH3 is 1. The smallest absolute Gasteiger partial charge is 0.242 e. The molecule has 0 aliphatic carbocycles. The first kappa shape index (κ1) is 17.7. The van der Waals surface area contributed by atoms with E-state index in [4.69, 9.17) is 22.1 Å². The van der Waals surface area contributed by atoms with Gasteiger partial charge in [-0.1, -0.05) is 11.6 Å². The first-order chi connectivity index (χ1) is 9.77. The van der Waals surface area contributed by atoms with Crippen LogP contribution in [0.5, 0.6) is 0 Å². The molecule has 0 heterocycles. The molecule has 0 saturated heterocycles. The van der Waals surface area contributed by atoms with Gasteiger partial charge in [-0.15, -0.1) is 0 Å². The molecule has 118 valence electrons. The predicted octanol–water partition coefficient (Wildman–Crippen LogP) is 1.70. The third-order valence-corrected chi connectivity index (χ3v) is 5.40. The Hall–Kier alpha value is -1.31. The van der Waals surface area contributed by atoms with Crippen LogP contribution in [-0.2, 0) is 19.4 Å². The second-order valence-electron chi connectivity index (χ2n) is 4.58. The van der Waals surface area contributed by atoms with Crippen LogP contribution in [0.4, 0.5) is 11.4 Å². The molecule has 1 amide bonds. The van der Waals surface area contributed by atoms with E-state index < -0.39 is 21.0 Å². The van der Waals surface area contributed by atoms with Crippen LogP contribution >= 0.6 is 11.6 Å². The van der Waals surface area contributed by atoms with Crippen molar-refractivity contribution in [3.63, 3.8) is 0 Å². The lowest BCUT2D eigenvalue weighted by Crippen LogP contribution is -2.34. The minimum Gasteiger partial charge on any atom is -0.399 e. The lowest BCUT2D eigenvalue weighted by Gasteiger charge is -2.14. The Morgan fingerprint density at radius 2 is 2.14 bits per heavy atom. The van der Waals surface area contributed by atoms with Crippen LogP contribution in [0.25, 0.3) is 0 Å². The van der Waals surface area contributed by atoms with Crippen molar-refractivity contribution in [2.75, 3.05) is 30.5 Å². The minimum absolute atomic E-state index is 0.106. The van der Waals surface area contributed by atoms with Crippen molar-refractivity contribution in [3.8, 4) is 0 Å². The molecule has 1 rings (SSSR count). The van der Waals surface area contributed by atoms with Gasteiger partial charge < -0.3 is 15.8 Å². The van der Waals surface area contributed by atoms with E-state index in [0.29, 0.717) is 24.4 Å². The van der Waals surface area contributed by atoms with Crippen LogP contribution < -0.4 is 11.1 Å². The highest BCUT2D eigenvalue weighted by Gasteiger charge is 2.27. The molecular weight excluding hydrogens is 316 g/mol. The van der Waals surface area contributed by atoms with Crippen molar-refractivity contribution in [2.45, 2.75) is 18.6 Å². The molecule has 0 saturated carbocycles. The standard InChI is InChI=1S/C13H19ClN2O4S/c1-9(21(18,19)7-3-6-20-2)13(17)16-12-5-4-10(15)8-11(12)14/h4-5,8-9H,3,6-7,15H2,1-2H3,(H,16,17). The summed E-state index contributed by atoms with van der Waals surface area (Å²) in [7, 11) is -2.04. The number of sulfone groups is 1. The van der Waals surface area contributed by atoms with Gasteiger partial charge in [-0.3, -0.25) is 4.79 Å². The summed E-state index contributed by atoms with van der Waals surface area (Å²) in [5, 5.41) is 1.59. The fourth-order valence-corrected chi connectivity index (χ4v) is 3.11. The van der Waals surface area contributed by atoms with Gasteiger partial charge in [0.05, 0.1) is 16.5 Å². The van der Waals surface area contributed by atoms with Gasteiger partial charge in [0.25, 0.3) is 0 Å². The number of amides is 1. The quantitative estimate of drug-likeness (QED) is 0.584. The van der Waals surface area contributed by atoms with E-state index in [1.54, 1.807) is 6.07 Å². The number of rotatable bonds is 7. The highest BCUT2D eigenvalue weighted by molar-refractivity contribution is 7.92. The summed E-state index contributed by atoms with van der Waals surface area (Å²) < 4.78 is 28.8. The first-order valence-corrected chi connectivity index (χ1v) is 8.43. The third kappa shape index (κ3) is 5.18.